The van der Waals surface area contributed by atoms with Crippen LogP contribution in [0.5, 0.6) is 0 Å². The van der Waals surface area contributed by atoms with E-state index in [1.165, 1.54) is 16.0 Å². The van der Waals surface area contributed by atoms with Crippen LogP contribution in [0.3, 0.4) is 0 Å². The van der Waals surface area contributed by atoms with Crippen molar-refractivity contribution in [2.24, 2.45) is 0 Å². The third-order valence-electron chi connectivity index (χ3n) is 6.17. The molecule has 5 rings (SSSR count). The number of esters is 1. The van der Waals surface area contributed by atoms with Crippen molar-refractivity contribution in [2.45, 2.75) is 33.7 Å². The summed E-state index contributed by atoms with van der Waals surface area (Å²) in [5.41, 5.74) is 1.99. The Labute approximate surface area is 201 Å². The number of anilines is 1. The molecule has 0 aliphatic carbocycles. The highest BCUT2D eigenvalue weighted by atomic mass is 32.1. The smallest absolute Gasteiger partial charge is 0.348 e. The van der Waals surface area contributed by atoms with Crippen molar-refractivity contribution in [3.05, 3.63) is 45.5 Å². The van der Waals surface area contributed by atoms with Gasteiger partial charge in [0.15, 0.2) is 0 Å². The summed E-state index contributed by atoms with van der Waals surface area (Å²) < 4.78 is 6.49. The summed E-state index contributed by atoms with van der Waals surface area (Å²) in [7, 11) is 0. The van der Waals surface area contributed by atoms with Crippen LogP contribution in [0.1, 0.15) is 46.0 Å². The lowest BCUT2D eigenvalue weighted by atomic mass is 10.1. The topological polar surface area (TPSA) is 71.5 Å². The normalized spacial score (nSPS) is 15.9. The molecular weight excluding hydrogens is 454 g/mol. The van der Waals surface area contributed by atoms with E-state index in [9.17, 15) is 4.79 Å². The van der Waals surface area contributed by atoms with Gasteiger partial charge in [-0.05, 0) is 45.4 Å². The summed E-state index contributed by atoms with van der Waals surface area (Å²) >= 11 is 3.18. The van der Waals surface area contributed by atoms with Crippen molar-refractivity contribution in [1.82, 2.24) is 19.9 Å². The number of fused-ring (bicyclic) bond motifs is 2. The molecule has 1 saturated heterocycles. The maximum Gasteiger partial charge on any atom is 0.348 e. The standard InChI is InChI=1S/C24H27N5O2S2/c1-5-31-24(30)20-14(2)19-21(25-16(4)26-23(19)33-20)29-12-10-28(11-13-29)15(3)22-27-17-8-6-7-9-18(17)32-22/h6-9,15H,5,10-13H2,1-4H3/t15-/m1/s1. The number of carbonyl (C=O) groups excluding carboxylic acids is 1. The Balaban J connectivity index is 1.38. The van der Waals surface area contributed by atoms with Crippen molar-refractivity contribution in [3.63, 3.8) is 0 Å². The number of benzene rings is 1. The highest BCUT2D eigenvalue weighted by molar-refractivity contribution is 7.20. The molecular formula is C24H27N5O2S2. The Kier molecular flexibility index (Phi) is 6.03. The lowest BCUT2D eigenvalue weighted by molar-refractivity contribution is 0.0531. The predicted molar refractivity (Wildman–Crippen MR) is 135 cm³/mol. The first-order chi connectivity index (χ1) is 16.0. The van der Waals surface area contributed by atoms with Crippen LogP contribution < -0.4 is 4.90 Å². The Morgan fingerprint density at radius 2 is 1.85 bits per heavy atom. The predicted octanol–water partition coefficient (Wildman–Crippen LogP) is 4.98. The maximum absolute atomic E-state index is 12.4. The zero-order valence-electron chi connectivity index (χ0n) is 19.3. The van der Waals surface area contributed by atoms with Gasteiger partial charge in [0, 0.05) is 26.2 Å². The Morgan fingerprint density at radius 3 is 2.58 bits per heavy atom. The van der Waals surface area contributed by atoms with Crippen molar-refractivity contribution in [3.8, 4) is 0 Å². The minimum atomic E-state index is -0.281. The second-order valence-corrected chi connectivity index (χ2v) is 10.3. The fraction of sp³-hybridized carbons (Fsp3) is 0.417. The van der Waals surface area contributed by atoms with E-state index < -0.39 is 0 Å². The number of nitrogens with zero attached hydrogens (tertiary/aromatic N) is 5. The molecule has 1 fully saturated rings. The van der Waals surface area contributed by atoms with E-state index in [-0.39, 0.29) is 12.0 Å². The fourth-order valence-corrected chi connectivity index (χ4v) is 6.56. The van der Waals surface area contributed by atoms with Gasteiger partial charge in [-0.2, -0.15) is 0 Å². The van der Waals surface area contributed by atoms with Gasteiger partial charge in [0.05, 0.1) is 28.3 Å². The summed E-state index contributed by atoms with van der Waals surface area (Å²) in [4.78, 5) is 33.0. The third-order valence-corrected chi connectivity index (χ3v) is 8.55. The molecule has 4 aromatic rings. The zero-order chi connectivity index (χ0) is 23.1. The van der Waals surface area contributed by atoms with Crippen LogP contribution in [0, 0.1) is 13.8 Å². The van der Waals surface area contributed by atoms with Gasteiger partial charge in [-0.1, -0.05) is 12.1 Å². The molecule has 1 aromatic carbocycles. The molecule has 1 aliphatic rings. The number of piperazine rings is 1. The van der Waals surface area contributed by atoms with E-state index in [1.54, 1.807) is 11.3 Å². The minimum absolute atomic E-state index is 0.273. The number of ether oxygens (including phenoxy) is 1. The van der Waals surface area contributed by atoms with Crippen LogP contribution in [-0.2, 0) is 4.74 Å². The Bertz CT molecular complexity index is 1290. The number of hydrogen-bond acceptors (Lipinski definition) is 9. The summed E-state index contributed by atoms with van der Waals surface area (Å²) in [5.74, 6) is 1.37. The van der Waals surface area contributed by atoms with E-state index in [1.807, 2.05) is 26.8 Å². The van der Waals surface area contributed by atoms with Crippen LogP contribution in [-0.4, -0.2) is 58.6 Å². The first-order valence-corrected chi connectivity index (χ1v) is 12.9. The molecule has 0 amide bonds. The number of aryl methyl sites for hydroxylation is 2. The third kappa shape index (κ3) is 4.09. The number of hydrogen-bond donors (Lipinski definition) is 0. The SMILES string of the molecule is CCOC(=O)c1sc2nc(C)nc(N3CCN([C@H](C)c4nc5ccccc5s4)CC3)c2c1C. The van der Waals surface area contributed by atoms with Crippen LogP contribution in [0.2, 0.25) is 0 Å². The Morgan fingerprint density at radius 1 is 1.09 bits per heavy atom. The van der Waals surface area contributed by atoms with Gasteiger partial charge in [-0.3, -0.25) is 4.90 Å². The van der Waals surface area contributed by atoms with Gasteiger partial charge in [-0.15, -0.1) is 22.7 Å². The quantitative estimate of drug-likeness (QED) is 0.372. The van der Waals surface area contributed by atoms with Crippen molar-refractivity contribution in [1.29, 1.82) is 0 Å². The lowest BCUT2D eigenvalue weighted by Gasteiger charge is -2.38. The highest BCUT2D eigenvalue weighted by Crippen LogP contribution is 2.37. The van der Waals surface area contributed by atoms with Crippen LogP contribution in [0.25, 0.3) is 20.4 Å². The monoisotopic (exact) mass is 481 g/mol. The van der Waals surface area contributed by atoms with Crippen molar-refractivity contribution < 1.29 is 9.53 Å². The summed E-state index contributed by atoms with van der Waals surface area (Å²) in [6.07, 6.45) is 0. The van der Waals surface area contributed by atoms with Gasteiger partial charge in [0.1, 0.15) is 26.4 Å². The highest BCUT2D eigenvalue weighted by Gasteiger charge is 2.28. The van der Waals surface area contributed by atoms with E-state index in [0.29, 0.717) is 11.5 Å². The number of para-hydroxylation sites is 1. The van der Waals surface area contributed by atoms with Gasteiger partial charge in [0.2, 0.25) is 0 Å². The van der Waals surface area contributed by atoms with Gasteiger partial charge >= 0.3 is 5.97 Å². The first-order valence-electron chi connectivity index (χ1n) is 11.3. The van der Waals surface area contributed by atoms with E-state index >= 15 is 0 Å². The summed E-state index contributed by atoms with van der Waals surface area (Å²) in [6.45, 7) is 11.9. The molecule has 9 heteroatoms. The molecule has 0 unspecified atom stereocenters. The number of rotatable bonds is 5. The minimum Gasteiger partial charge on any atom is -0.462 e. The molecule has 0 radical (unpaired) electrons. The number of thiazole rings is 1. The molecule has 1 aliphatic heterocycles. The Hall–Kier alpha value is -2.62. The number of thiophene rings is 1. The van der Waals surface area contributed by atoms with Crippen LogP contribution >= 0.6 is 22.7 Å². The van der Waals surface area contributed by atoms with E-state index in [4.69, 9.17) is 14.7 Å². The molecule has 0 saturated carbocycles. The molecule has 4 heterocycles. The van der Waals surface area contributed by atoms with E-state index in [2.05, 4.69) is 39.9 Å². The maximum atomic E-state index is 12.4. The molecule has 7 nitrogen and oxygen atoms in total. The average molecular weight is 482 g/mol. The van der Waals surface area contributed by atoms with E-state index in [0.717, 1.165) is 64.1 Å². The molecule has 33 heavy (non-hydrogen) atoms. The lowest BCUT2D eigenvalue weighted by Crippen LogP contribution is -2.47. The van der Waals surface area contributed by atoms with Gasteiger partial charge < -0.3 is 9.64 Å². The second kappa shape index (κ2) is 8.96. The molecule has 0 spiro atoms. The molecule has 1 atom stereocenters. The second-order valence-electron chi connectivity index (χ2n) is 8.27. The molecule has 0 N–H and O–H groups in total. The van der Waals surface area contributed by atoms with Crippen molar-refractivity contribution in [2.75, 3.05) is 37.7 Å². The van der Waals surface area contributed by atoms with Crippen LogP contribution in [0.4, 0.5) is 5.82 Å². The molecule has 0 bridgehead atoms. The average Bonchev–Trinajstić information content (AvgIpc) is 3.39. The zero-order valence-corrected chi connectivity index (χ0v) is 20.9. The fourth-order valence-electron chi connectivity index (χ4n) is 4.39. The number of carbonyl (C=O) groups is 1. The van der Waals surface area contributed by atoms with Gasteiger partial charge in [-0.25, -0.2) is 19.7 Å². The first kappa shape index (κ1) is 22.2. The number of aromatic nitrogens is 3. The summed E-state index contributed by atoms with van der Waals surface area (Å²) in [6, 6.07) is 8.60. The van der Waals surface area contributed by atoms with Crippen LogP contribution in [0.15, 0.2) is 24.3 Å². The molecule has 3 aromatic heterocycles. The molecule has 172 valence electrons. The van der Waals surface area contributed by atoms with Crippen molar-refractivity contribution >= 4 is 54.9 Å². The summed E-state index contributed by atoms with van der Waals surface area (Å²) in [5, 5.41) is 2.14. The van der Waals surface area contributed by atoms with Gasteiger partial charge in [0.25, 0.3) is 0 Å². The largest absolute Gasteiger partial charge is 0.462 e.